The van der Waals surface area contributed by atoms with Crippen LogP contribution in [0, 0.1) is 0 Å². The molecule has 0 unspecified atom stereocenters. The second kappa shape index (κ2) is 12.1. The molecule has 0 aliphatic carbocycles. The van der Waals surface area contributed by atoms with Gasteiger partial charge in [-0.3, -0.25) is 0 Å². The van der Waals surface area contributed by atoms with E-state index >= 15 is 0 Å². The average Bonchev–Trinajstić information content (AvgIpc) is 3.79. The maximum absolute atomic E-state index is 6.67. The number of hydrogen-bond donors (Lipinski definition) is 0. The van der Waals surface area contributed by atoms with E-state index in [9.17, 15) is 0 Å². The summed E-state index contributed by atoms with van der Waals surface area (Å²) in [7, 11) is 0. The highest BCUT2D eigenvalue weighted by molar-refractivity contribution is 6.22. The van der Waals surface area contributed by atoms with E-state index in [0.29, 0.717) is 17.5 Å². The van der Waals surface area contributed by atoms with Crippen molar-refractivity contribution >= 4 is 54.5 Å². The SMILES string of the molecule is c1ccc(-c2ccc3c(c2)c2c4ccccc4ccc2n3-c2ccc3c(c2)oc2cccc(-c4nc(-c5ccccc5)nc(-c5ccccc5)n4)c23)cc1. The Hall–Kier alpha value is -7.37. The molecule has 3 heterocycles. The molecule has 0 fully saturated rings. The van der Waals surface area contributed by atoms with Crippen LogP contribution >= 0.6 is 0 Å². The van der Waals surface area contributed by atoms with Gasteiger partial charge in [0.1, 0.15) is 11.2 Å². The summed E-state index contributed by atoms with van der Waals surface area (Å²) in [5, 5.41) is 6.90. The molecule has 252 valence electrons. The molecule has 5 heteroatoms. The van der Waals surface area contributed by atoms with Gasteiger partial charge in [0.25, 0.3) is 0 Å². The van der Waals surface area contributed by atoms with Gasteiger partial charge in [-0.05, 0) is 58.3 Å². The van der Waals surface area contributed by atoms with Gasteiger partial charge < -0.3 is 8.98 Å². The molecular formula is C49H30N4O. The van der Waals surface area contributed by atoms with Crippen LogP contribution in [-0.2, 0) is 0 Å². The number of aromatic nitrogens is 4. The molecule has 5 nitrogen and oxygen atoms in total. The standard InChI is InChI=1S/C49H30N4O/c1-4-13-31(14-5-1)35-24-27-41-40(29-35)45-37-20-11-10-15-32(37)23-28-42(45)53(41)36-25-26-38-44(30-36)54-43-22-12-21-39(46(38)43)49-51-47(33-16-6-2-7-17-33)50-48(52-49)34-18-8-3-9-19-34/h1-30H. The van der Waals surface area contributed by atoms with Crippen molar-refractivity contribution in [3.8, 4) is 51.0 Å². The highest BCUT2D eigenvalue weighted by Gasteiger charge is 2.20. The third kappa shape index (κ3) is 4.83. The lowest BCUT2D eigenvalue weighted by Crippen LogP contribution is -2.00. The maximum atomic E-state index is 6.67. The van der Waals surface area contributed by atoms with Gasteiger partial charge in [0.15, 0.2) is 17.5 Å². The van der Waals surface area contributed by atoms with Crippen molar-refractivity contribution in [2.75, 3.05) is 0 Å². The summed E-state index contributed by atoms with van der Waals surface area (Å²) >= 11 is 0. The van der Waals surface area contributed by atoms with Crippen LogP contribution < -0.4 is 0 Å². The number of furan rings is 1. The van der Waals surface area contributed by atoms with E-state index in [-0.39, 0.29) is 0 Å². The highest BCUT2D eigenvalue weighted by atomic mass is 16.3. The summed E-state index contributed by atoms with van der Waals surface area (Å²) in [5.41, 5.74) is 10.1. The summed E-state index contributed by atoms with van der Waals surface area (Å²) in [6, 6.07) is 63.3. The molecule has 0 aliphatic heterocycles. The lowest BCUT2D eigenvalue weighted by atomic mass is 10.0. The van der Waals surface area contributed by atoms with Crippen LogP contribution in [0.2, 0.25) is 0 Å². The zero-order valence-corrected chi connectivity index (χ0v) is 29.0. The van der Waals surface area contributed by atoms with E-state index in [0.717, 1.165) is 55.3 Å². The fourth-order valence-corrected chi connectivity index (χ4v) is 7.95. The Morgan fingerprint density at radius 2 is 1.02 bits per heavy atom. The monoisotopic (exact) mass is 690 g/mol. The highest BCUT2D eigenvalue weighted by Crippen LogP contribution is 2.41. The van der Waals surface area contributed by atoms with Gasteiger partial charge in [-0.15, -0.1) is 0 Å². The van der Waals surface area contributed by atoms with E-state index in [2.05, 4.69) is 114 Å². The summed E-state index contributed by atoms with van der Waals surface area (Å²) in [4.78, 5) is 15.0. The second-order valence-electron chi connectivity index (χ2n) is 13.6. The van der Waals surface area contributed by atoms with Crippen molar-refractivity contribution in [3.63, 3.8) is 0 Å². The molecular weight excluding hydrogens is 661 g/mol. The van der Waals surface area contributed by atoms with Crippen molar-refractivity contribution < 1.29 is 4.42 Å². The van der Waals surface area contributed by atoms with Gasteiger partial charge in [0, 0.05) is 50.0 Å². The minimum atomic E-state index is 0.601. The Morgan fingerprint density at radius 1 is 0.370 bits per heavy atom. The van der Waals surface area contributed by atoms with Crippen LogP contribution in [0.15, 0.2) is 186 Å². The molecule has 8 aromatic carbocycles. The number of rotatable bonds is 5. The van der Waals surface area contributed by atoms with Gasteiger partial charge in [0.05, 0.1) is 11.0 Å². The molecule has 0 N–H and O–H groups in total. The molecule has 0 saturated heterocycles. The first-order chi connectivity index (χ1) is 26.8. The van der Waals surface area contributed by atoms with Crippen LogP contribution in [0.4, 0.5) is 0 Å². The summed E-state index contributed by atoms with van der Waals surface area (Å²) in [6.45, 7) is 0. The summed E-state index contributed by atoms with van der Waals surface area (Å²) < 4.78 is 9.03. The number of benzene rings is 8. The molecule has 0 saturated carbocycles. The first-order valence-corrected chi connectivity index (χ1v) is 18.1. The third-order valence-electron chi connectivity index (χ3n) is 10.4. The van der Waals surface area contributed by atoms with Crippen LogP contribution in [0.1, 0.15) is 0 Å². The fraction of sp³-hybridized carbons (Fsp3) is 0. The number of hydrogen-bond acceptors (Lipinski definition) is 4. The Kier molecular flexibility index (Phi) is 6.79. The van der Waals surface area contributed by atoms with Crippen molar-refractivity contribution in [1.82, 2.24) is 19.5 Å². The average molecular weight is 691 g/mol. The lowest BCUT2D eigenvalue weighted by Gasteiger charge is -2.10. The normalized spacial score (nSPS) is 11.7. The fourth-order valence-electron chi connectivity index (χ4n) is 7.95. The molecule has 3 aromatic heterocycles. The largest absolute Gasteiger partial charge is 0.456 e. The molecule has 54 heavy (non-hydrogen) atoms. The molecule has 11 rings (SSSR count). The van der Waals surface area contributed by atoms with Crippen molar-refractivity contribution in [3.05, 3.63) is 182 Å². The van der Waals surface area contributed by atoms with Gasteiger partial charge in [-0.1, -0.05) is 140 Å². The Labute approximate surface area is 310 Å². The molecule has 0 atom stereocenters. The lowest BCUT2D eigenvalue weighted by molar-refractivity contribution is 0.668. The van der Waals surface area contributed by atoms with Crippen LogP contribution in [0.5, 0.6) is 0 Å². The van der Waals surface area contributed by atoms with E-state index in [1.807, 2.05) is 72.8 Å². The van der Waals surface area contributed by atoms with Gasteiger partial charge in [0.2, 0.25) is 0 Å². The second-order valence-corrected chi connectivity index (χ2v) is 13.6. The summed E-state index contributed by atoms with van der Waals surface area (Å²) in [5.74, 6) is 1.85. The van der Waals surface area contributed by atoms with E-state index in [1.165, 1.54) is 32.7 Å². The molecule has 0 amide bonds. The van der Waals surface area contributed by atoms with Gasteiger partial charge >= 0.3 is 0 Å². The zero-order chi connectivity index (χ0) is 35.6. The molecule has 0 radical (unpaired) electrons. The van der Waals surface area contributed by atoms with Crippen LogP contribution in [0.3, 0.4) is 0 Å². The number of nitrogens with zero attached hydrogens (tertiary/aromatic N) is 4. The topological polar surface area (TPSA) is 56.7 Å². The Balaban J connectivity index is 1.12. The van der Waals surface area contributed by atoms with Gasteiger partial charge in [-0.2, -0.15) is 0 Å². The Morgan fingerprint density at radius 3 is 1.76 bits per heavy atom. The minimum absolute atomic E-state index is 0.601. The summed E-state index contributed by atoms with van der Waals surface area (Å²) in [6.07, 6.45) is 0. The molecule has 0 bridgehead atoms. The zero-order valence-electron chi connectivity index (χ0n) is 29.0. The quantitative estimate of drug-likeness (QED) is 0.180. The predicted octanol–water partition coefficient (Wildman–Crippen LogP) is 12.7. The van der Waals surface area contributed by atoms with Gasteiger partial charge in [-0.25, -0.2) is 15.0 Å². The predicted molar refractivity (Wildman–Crippen MR) is 221 cm³/mol. The Bertz CT molecular complexity index is 3140. The van der Waals surface area contributed by atoms with E-state index < -0.39 is 0 Å². The first-order valence-electron chi connectivity index (χ1n) is 18.1. The van der Waals surface area contributed by atoms with Crippen LogP contribution in [-0.4, -0.2) is 19.5 Å². The minimum Gasteiger partial charge on any atom is -0.456 e. The molecule has 11 aromatic rings. The van der Waals surface area contributed by atoms with Crippen molar-refractivity contribution in [2.24, 2.45) is 0 Å². The number of fused-ring (bicyclic) bond motifs is 8. The maximum Gasteiger partial charge on any atom is 0.164 e. The van der Waals surface area contributed by atoms with Crippen LogP contribution in [0.25, 0.3) is 105 Å². The third-order valence-corrected chi connectivity index (χ3v) is 10.4. The smallest absolute Gasteiger partial charge is 0.164 e. The van der Waals surface area contributed by atoms with E-state index in [4.69, 9.17) is 19.4 Å². The van der Waals surface area contributed by atoms with E-state index in [1.54, 1.807) is 0 Å². The first kappa shape index (κ1) is 30.3. The van der Waals surface area contributed by atoms with Crippen molar-refractivity contribution in [1.29, 1.82) is 0 Å². The van der Waals surface area contributed by atoms with Crippen molar-refractivity contribution in [2.45, 2.75) is 0 Å². The molecule has 0 spiro atoms. The molecule has 0 aliphatic rings.